The number of halogens is 3. The number of hydrogen-bond donors (Lipinski definition) is 1. The summed E-state index contributed by atoms with van der Waals surface area (Å²) in [5, 5.41) is 3.94. The van der Waals surface area contributed by atoms with Crippen LogP contribution < -0.4 is 10.1 Å². The second kappa shape index (κ2) is 10.3. The molecule has 1 aromatic rings. The van der Waals surface area contributed by atoms with Crippen molar-refractivity contribution in [2.75, 3.05) is 0 Å². The van der Waals surface area contributed by atoms with E-state index in [2.05, 4.69) is 12.2 Å². The Labute approximate surface area is 176 Å². The van der Waals surface area contributed by atoms with Crippen molar-refractivity contribution in [1.82, 2.24) is 5.32 Å². The van der Waals surface area contributed by atoms with Crippen LogP contribution in [-0.2, 0) is 4.79 Å². The summed E-state index contributed by atoms with van der Waals surface area (Å²) in [5.74, 6) is 0.209. The molecular weight excluding hydrogens is 400 g/mol. The lowest BCUT2D eigenvalue weighted by Crippen LogP contribution is -2.44. The molecular formula is C22H28Cl2FNO2. The first kappa shape index (κ1) is 22.8. The smallest absolute Gasteiger partial charge is 0.261 e. The lowest BCUT2D eigenvalue weighted by atomic mass is 9.90. The Bertz CT molecular complexity index is 746. The van der Waals surface area contributed by atoms with Crippen molar-refractivity contribution in [1.29, 1.82) is 0 Å². The number of hydrogen-bond acceptors (Lipinski definition) is 2. The van der Waals surface area contributed by atoms with Crippen molar-refractivity contribution < 1.29 is 13.9 Å². The van der Waals surface area contributed by atoms with Crippen molar-refractivity contribution in [3.63, 3.8) is 0 Å². The molecule has 0 saturated carbocycles. The van der Waals surface area contributed by atoms with E-state index in [1.165, 1.54) is 0 Å². The van der Waals surface area contributed by atoms with Gasteiger partial charge in [-0.2, -0.15) is 0 Å². The third-order valence-corrected chi connectivity index (χ3v) is 5.28. The molecule has 1 aliphatic rings. The first-order valence-corrected chi connectivity index (χ1v) is 10.5. The standard InChI is InChI=1S/C22H28Cl2FNO2/c1-4-6-7-18(15-10-12-22(3,25)13-11-15)26-21(27)19(5-2)28-20-9-8-16(23)14-17(20)24/h8-12,14,18-19H,4-7,13H2,1-3H3,(H,26,27). The van der Waals surface area contributed by atoms with Gasteiger partial charge >= 0.3 is 0 Å². The van der Waals surface area contributed by atoms with Crippen LogP contribution in [0.3, 0.4) is 0 Å². The maximum Gasteiger partial charge on any atom is 0.261 e. The number of amides is 1. The van der Waals surface area contributed by atoms with E-state index in [0.717, 1.165) is 24.8 Å². The molecule has 3 unspecified atom stereocenters. The summed E-state index contributed by atoms with van der Waals surface area (Å²) >= 11 is 12.1. The SMILES string of the molecule is CCCCC(NC(=O)C(CC)Oc1ccc(Cl)cc1Cl)C1=CCC(C)(F)C=C1. The minimum atomic E-state index is -1.33. The third kappa shape index (κ3) is 6.52. The summed E-state index contributed by atoms with van der Waals surface area (Å²) in [6.07, 6.45) is 8.10. The molecule has 1 aromatic carbocycles. The molecule has 28 heavy (non-hydrogen) atoms. The van der Waals surface area contributed by atoms with Crippen LogP contribution in [0.15, 0.2) is 42.0 Å². The zero-order valence-electron chi connectivity index (χ0n) is 16.6. The minimum Gasteiger partial charge on any atom is -0.479 e. The van der Waals surface area contributed by atoms with Gasteiger partial charge in [-0.05, 0) is 49.6 Å². The Morgan fingerprint density at radius 3 is 2.68 bits per heavy atom. The second-order valence-electron chi connectivity index (χ2n) is 7.31. The van der Waals surface area contributed by atoms with E-state index < -0.39 is 11.8 Å². The normalized spacial score (nSPS) is 21.0. The number of alkyl halides is 1. The molecule has 0 aromatic heterocycles. The third-order valence-electron chi connectivity index (χ3n) is 4.75. The minimum absolute atomic E-state index is 0.168. The Hall–Kier alpha value is -1.52. The fraction of sp³-hybridized carbons (Fsp3) is 0.500. The van der Waals surface area contributed by atoms with Crippen molar-refractivity contribution in [3.8, 4) is 5.75 Å². The number of carbonyl (C=O) groups is 1. The number of allylic oxidation sites excluding steroid dienone is 2. The second-order valence-corrected chi connectivity index (χ2v) is 8.16. The Kier molecular flexibility index (Phi) is 8.38. The first-order chi connectivity index (χ1) is 13.3. The lowest BCUT2D eigenvalue weighted by molar-refractivity contribution is -0.128. The summed E-state index contributed by atoms with van der Waals surface area (Å²) in [6, 6.07) is 4.74. The van der Waals surface area contributed by atoms with E-state index in [4.69, 9.17) is 27.9 Å². The van der Waals surface area contributed by atoms with E-state index in [1.54, 1.807) is 37.3 Å². The van der Waals surface area contributed by atoms with Crippen LogP contribution in [0, 0.1) is 0 Å². The van der Waals surface area contributed by atoms with Gasteiger partial charge in [-0.3, -0.25) is 4.79 Å². The van der Waals surface area contributed by atoms with Crippen LogP contribution in [0.4, 0.5) is 4.39 Å². The largest absolute Gasteiger partial charge is 0.479 e. The molecule has 0 bridgehead atoms. The molecule has 0 aliphatic heterocycles. The molecule has 6 heteroatoms. The molecule has 3 atom stereocenters. The van der Waals surface area contributed by atoms with Gasteiger partial charge in [-0.1, -0.05) is 62.0 Å². The van der Waals surface area contributed by atoms with E-state index in [9.17, 15) is 9.18 Å². The van der Waals surface area contributed by atoms with Gasteiger partial charge < -0.3 is 10.1 Å². The van der Waals surface area contributed by atoms with Gasteiger partial charge in [0, 0.05) is 11.4 Å². The van der Waals surface area contributed by atoms with Crippen LogP contribution in [-0.4, -0.2) is 23.7 Å². The van der Waals surface area contributed by atoms with Gasteiger partial charge in [0.1, 0.15) is 11.4 Å². The average Bonchev–Trinajstić information content (AvgIpc) is 2.64. The quantitative estimate of drug-likeness (QED) is 0.492. The molecule has 1 amide bonds. The molecule has 0 radical (unpaired) electrons. The summed E-state index contributed by atoms with van der Waals surface area (Å²) in [7, 11) is 0. The van der Waals surface area contributed by atoms with Crippen molar-refractivity contribution in [2.24, 2.45) is 0 Å². The summed E-state index contributed by atoms with van der Waals surface area (Å²) in [4.78, 5) is 12.9. The number of benzene rings is 1. The van der Waals surface area contributed by atoms with E-state index >= 15 is 0 Å². The Balaban J connectivity index is 2.09. The molecule has 3 nitrogen and oxygen atoms in total. The van der Waals surface area contributed by atoms with Gasteiger partial charge in [0.2, 0.25) is 0 Å². The number of rotatable bonds is 9. The number of unbranched alkanes of at least 4 members (excludes halogenated alkanes) is 1. The molecule has 0 heterocycles. The van der Waals surface area contributed by atoms with Gasteiger partial charge in [0.05, 0.1) is 11.1 Å². The first-order valence-electron chi connectivity index (χ1n) is 9.76. The fourth-order valence-electron chi connectivity index (χ4n) is 3.02. The highest BCUT2D eigenvalue weighted by Gasteiger charge is 2.27. The van der Waals surface area contributed by atoms with E-state index in [-0.39, 0.29) is 11.9 Å². The van der Waals surface area contributed by atoms with Gasteiger partial charge in [0.15, 0.2) is 6.10 Å². The molecule has 0 spiro atoms. The predicted octanol–water partition coefficient (Wildman–Crippen LogP) is 6.44. The van der Waals surface area contributed by atoms with Crippen LogP contribution in [0.1, 0.15) is 52.9 Å². The zero-order valence-corrected chi connectivity index (χ0v) is 18.1. The average molecular weight is 428 g/mol. The van der Waals surface area contributed by atoms with E-state index in [0.29, 0.717) is 28.6 Å². The summed E-state index contributed by atoms with van der Waals surface area (Å²) < 4.78 is 19.9. The van der Waals surface area contributed by atoms with Crippen LogP contribution in [0.25, 0.3) is 0 Å². The summed E-state index contributed by atoms with van der Waals surface area (Å²) in [5.41, 5.74) is -0.389. The Morgan fingerprint density at radius 2 is 2.11 bits per heavy atom. The van der Waals surface area contributed by atoms with Crippen molar-refractivity contribution in [3.05, 3.63) is 52.0 Å². The highest BCUT2D eigenvalue weighted by molar-refractivity contribution is 6.35. The van der Waals surface area contributed by atoms with Gasteiger partial charge in [-0.25, -0.2) is 4.39 Å². The lowest BCUT2D eigenvalue weighted by Gasteiger charge is -2.27. The number of ether oxygens (including phenoxy) is 1. The molecule has 1 N–H and O–H groups in total. The number of nitrogens with one attached hydrogen (secondary N) is 1. The van der Waals surface area contributed by atoms with Gasteiger partial charge in [-0.15, -0.1) is 0 Å². The molecule has 0 saturated heterocycles. The van der Waals surface area contributed by atoms with E-state index in [1.807, 2.05) is 13.0 Å². The van der Waals surface area contributed by atoms with Crippen molar-refractivity contribution in [2.45, 2.75) is 70.7 Å². The Morgan fingerprint density at radius 1 is 1.36 bits per heavy atom. The maximum absolute atomic E-state index is 14.1. The molecule has 154 valence electrons. The zero-order chi connectivity index (χ0) is 20.7. The van der Waals surface area contributed by atoms with Crippen LogP contribution in [0.2, 0.25) is 10.0 Å². The van der Waals surface area contributed by atoms with Gasteiger partial charge in [0.25, 0.3) is 5.91 Å². The predicted molar refractivity (Wildman–Crippen MR) is 114 cm³/mol. The topological polar surface area (TPSA) is 38.3 Å². The monoisotopic (exact) mass is 427 g/mol. The summed E-state index contributed by atoms with van der Waals surface area (Å²) in [6.45, 7) is 5.53. The highest BCUT2D eigenvalue weighted by Crippen LogP contribution is 2.29. The van der Waals surface area contributed by atoms with Crippen LogP contribution in [0.5, 0.6) is 5.75 Å². The fourth-order valence-corrected chi connectivity index (χ4v) is 3.48. The maximum atomic E-state index is 14.1. The van der Waals surface area contributed by atoms with Crippen molar-refractivity contribution >= 4 is 29.1 Å². The molecule has 1 aliphatic carbocycles. The molecule has 2 rings (SSSR count). The molecule has 0 fully saturated rings. The highest BCUT2D eigenvalue weighted by atomic mass is 35.5. The van der Waals surface area contributed by atoms with Crippen LogP contribution >= 0.6 is 23.2 Å². The number of carbonyl (C=O) groups excluding carboxylic acids is 1.